The number of likely N-dealkylation sites (N-methyl/N-ethyl adjacent to an activating group) is 1. The van der Waals surface area contributed by atoms with Crippen LogP contribution >= 0.6 is 34.8 Å². The average Bonchev–Trinajstić information content (AvgIpc) is 2.53. The van der Waals surface area contributed by atoms with Gasteiger partial charge in [0.25, 0.3) is 0 Å². The van der Waals surface area contributed by atoms with E-state index in [2.05, 4.69) is 5.32 Å². The summed E-state index contributed by atoms with van der Waals surface area (Å²) in [4.78, 5) is 11.4. The molecule has 25 heavy (non-hydrogen) atoms. The largest absolute Gasteiger partial charge is 0.325 e. The lowest BCUT2D eigenvalue weighted by molar-refractivity contribution is -0.116. The Morgan fingerprint density at radius 2 is 1.80 bits per heavy atom. The van der Waals surface area contributed by atoms with Gasteiger partial charge in [-0.1, -0.05) is 40.9 Å². The molecular weight excluding hydrogens is 414 g/mol. The lowest BCUT2D eigenvalue weighted by Gasteiger charge is -2.17. The fourth-order valence-electron chi connectivity index (χ4n) is 1.91. The van der Waals surface area contributed by atoms with Gasteiger partial charge in [-0.05, 0) is 30.3 Å². The molecule has 1 amide bonds. The molecule has 0 aliphatic heterocycles. The normalized spacial score (nSPS) is 11.6. The quantitative estimate of drug-likeness (QED) is 0.786. The summed E-state index contributed by atoms with van der Waals surface area (Å²) in [6, 6.07) is 8.03. The van der Waals surface area contributed by atoms with E-state index in [0.717, 1.165) is 13.1 Å². The number of nitrogens with zero attached hydrogens (tertiary/aromatic N) is 1. The first-order valence-electron chi connectivity index (χ1n) is 6.78. The molecule has 5 nitrogen and oxygen atoms in total. The van der Waals surface area contributed by atoms with Crippen LogP contribution in [0.1, 0.15) is 0 Å². The number of amides is 1. The topological polar surface area (TPSA) is 66.5 Å². The molecule has 2 aromatic rings. The Hall–Kier alpha value is -1.38. The molecular formula is C15H12Cl3FN2O3S. The van der Waals surface area contributed by atoms with Gasteiger partial charge in [-0.3, -0.25) is 4.79 Å². The van der Waals surface area contributed by atoms with E-state index in [9.17, 15) is 17.6 Å². The van der Waals surface area contributed by atoms with Gasteiger partial charge in [0.05, 0.1) is 21.6 Å². The Labute approximate surface area is 159 Å². The van der Waals surface area contributed by atoms with Crippen LogP contribution in [0.15, 0.2) is 41.3 Å². The molecule has 0 spiro atoms. The fourth-order valence-corrected chi connectivity index (χ4v) is 3.65. The number of carbonyl (C=O) groups is 1. The van der Waals surface area contributed by atoms with Crippen LogP contribution in [0.2, 0.25) is 15.1 Å². The highest BCUT2D eigenvalue weighted by atomic mass is 35.5. The smallest absolute Gasteiger partial charge is 0.246 e. The molecule has 0 aliphatic carbocycles. The van der Waals surface area contributed by atoms with E-state index in [4.69, 9.17) is 34.8 Å². The van der Waals surface area contributed by atoms with Crippen molar-refractivity contribution in [1.29, 1.82) is 0 Å². The molecule has 2 aromatic carbocycles. The lowest BCUT2D eigenvalue weighted by Crippen LogP contribution is -2.35. The van der Waals surface area contributed by atoms with Crippen LogP contribution < -0.4 is 5.32 Å². The fraction of sp³-hybridized carbons (Fsp3) is 0.133. The number of hydrogen-bond acceptors (Lipinski definition) is 3. The molecule has 0 bridgehead atoms. The highest BCUT2D eigenvalue weighted by molar-refractivity contribution is 7.89. The number of hydrogen-bond donors (Lipinski definition) is 1. The number of halogens is 4. The predicted octanol–water partition coefficient (Wildman–Crippen LogP) is 4.05. The molecule has 134 valence electrons. The zero-order chi connectivity index (χ0) is 18.8. The summed E-state index contributed by atoms with van der Waals surface area (Å²) in [6.07, 6.45) is 0. The lowest BCUT2D eigenvalue weighted by atomic mass is 10.3. The van der Waals surface area contributed by atoms with Crippen molar-refractivity contribution in [2.24, 2.45) is 0 Å². The Bertz CT molecular complexity index is 922. The van der Waals surface area contributed by atoms with Crippen LogP contribution in [0.4, 0.5) is 10.1 Å². The first-order chi connectivity index (χ1) is 11.6. The van der Waals surface area contributed by atoms with E-state index >= 15 is 0 Å². The SMILES string of the molecule is CN(CC(=O)Nc1ccc(Cl)c(Cl)c1)S(=O)(=O)c1cccc(Cl)c1F. The first kappa shape index (κ1) is 19.9. The molecule has 0 aromatic heterocycles. The van der Waals surface area contributed by atoms with Gasteiger partial charge < -0.3 is 5.32 Å². The Kier molecular flexibility index (Phi) is 6.29. The van der Waals surface area contributed by atoms with Gasteiger partial charge in [-0.15, -0.1) is 0 Å². The second kappa shape index (κ2) is 7.88. The summed E-state index contributed by atoms with van der Waals surface area (Å²) in [5.41, 5.74) is 0.346. The van der Waals surface area contributed by atoms with Gasteiger partial charge in [-0.25, -0.2) is 12.8 Å². The van der Waals surface area contributed by atoms with Gasteiger partial charge in [0.15, 0.2) is 5.82 Å². The summed E-state index contributed by atoms with van der Waals surface area (Å²) < 4.78 is 39.5. The summed E-state index contributed by atoms with van der Waals surface area (Å²) >= 11 is 17.2. The van der Waals surface area contributed by atoms with Gasteiger partial charge >= 0.3 is 0 Å². The second-order valence-corrected chi connectivity index (χ2v) is 8.23. The zero-order valence-electron chi connectivity index (χ0n) is 12.8. The van der Waals surface area contributed by atoms with Crippen molar-refractivity contribution in [3.63, 3.8) is 0 Å². The maximum atomic E-state index is 14.0. The number of carbonyl (C=O) groups excluding carboxylic acids is 1. The van der Waals surface area contributed by atoms with Crippen LogP contribution in [-0.4, -0.2) is 32.2 Å². The average molecular weight is 426 g/mol. The second-order valence-electron chi connectivity index (χ2n) is 4.99. The minimum Gasteiger partial charge on any atom is -0.325 e. The van der Waals surface area contributed by atoms with Crippen LogP contribution in [0.3, 0.4) is 0 Å². The minimum atomic E-state index is -4.23. The predicted molar refractivity (Wildman–Crippen MR) is 96.3 cm³/mol. The highest BCUT2D eigenvalue weighted by Gasteiger charge is 2.27. The van der Waals surface area contributed by atoms with Crippen molar-refractivity contribution in [3.8, 4) is 0 Å². The van der Waals surface area contributed by atoms with Gasteiger partial charge in [0.2, 0.25) is 15.9 Å². The monoisotopic (exact) mass is 424 g/mol. The van der Waals surface area contributed by atoms with Crippen molar-refractivity contribution in [3.05, 3.63) is 57.3 Å². The molecule has 10 heteroatoms. The van der Waals surface area contributed by atoms with E-state index in [1.807, 2.05) is 0 Å². The summed E-state index contributed by atoms with van der Waals surface area (Å²) in [7, 11) is -3.07. The summed E-state index contributed by atoms with van der Waals surface area (Å²) in [6.45, 7) is -0.533. The number of rotatable bonds is 5. The van der Waals surface area contributed by atoms with Crippen LogP contribution in [0.5, 0.6) is 0 Å². The zero-order valence-corrected chi connectivity index (χ0v) is 15.8. The van der Waals surface area contributed by atoms with Crippen LogP contribution in [0, 0.1) is 5.82 Å². The van der Waals surface area contributed by atoms with Crippen molar-refractivity contribution < 1.29 is 17.6 Å². The van der Waals surface area contributed by atoms with E-state index in [1.165, 1.54) is 30.3 Å². The number of anilines is 1. The van der Waals surface area contributed by atoms with E-state index in [0.29, 0.717) is 15.0 Å². The van der Waals surface area contributed by atoms with Crippen molar-refractivity contribution in [2.75, 3.05) is 18.9 Å². The molecule has 0 saturated carbocycles. The molecule has 0 unspecified atom stereocenters. The number of nitrogens with one attached hydrogen (secondary N) is 1. The third kappa shape index (κ3) is 4.62. The van der Waals surface area contributed by atoms with Gasteiger partial charge in [0.1, 0.15) is 4.90 Å². The van der Waals surface area contributed by atoms with E-state index in [-0.39, 0.29) is 10.0 Å². The maximum absolute atomic E-state index is 14.0. The molecule has 2 rings (SSSR count). The third-order valence-electron chi connectivity index (χ3n) is 3.17. The molecule has 0 fully saturated rings. The first-order valence-corrected chi connectivity index (χ1v) is 9.35. The van der Waals surface area contributed by atoms with Crippen LogP contribution in [-0.2, 0) is 14.8 Å². The minimum absolute atomic E-state index is 0.237. The van der Waals surface area contributed by atoms with Crippen molar-refractivity contribution in [2.45, 2.75) is 4.90 Å². The molecule has 0 saturated heterocycles. The van der Waals surface area contributed by atoms with Gasteiger partial charge in [-0.2, -0.15) is 4.31 Å². The van der Waals surface area contributed by atoms with Gasteiger partial charge in [0, 0.05) is 12.7 Å². The summed E-state index contributed by atoms with van der Waals surface area (Å²) in [5.74, 6) is -1.70. The molecule has 0 heterocycles. The number of sulfonamides is 1. The van der Waals surface area contributed by atoms with E-state index in [1.54, 1.807) is 0 Å². The molecule has 1 N–H and O–H groups in total. The Balaban J connectivity index is 2.14. The Morgan fingerprint density at radius 3 is 2.44 bits per heavy atom. The summed E-state index contributed by atoms with van der Waals surface area (Å²) in [5, 5.41) is 2.71. The molecule has 0 aliphatic rings. The van der Waals surface area contributed by atoms with Crippen LogP contribution in [0.25, 0.3) is 0 Å². The van der Waals surface area contributed by atoms with Crippen molar-refractivity contribution in [1.82, 2.24) is 4.31 Å². The molecule has 0 atom stereocenters. The highest BCUT2D eigenvalue weighted by Crippen LogP contribution is 2.26. The Morgan fingerprint density at radius 1 is 1.12 bits per heavy atom. The van der Waals surface area contributed by atoms with Crippen molar-refractivity contribution >= 4 is 56.4 Å². The van der Waals surface area contributed by atoms with E-state index < -0.39 is 33.2 Å². The third-order valence-corrected chi connectivity index (χ3v) is 6.03. The standard InChI is InChI=1S/C15H12Cl3FN2O3S/c1-21(25(23,24)13-4-2-3-11(17)15(13)19)8-14(22)20-9-5-6-10(16)12(18)7-9/h2-7H,8H2,1H3,(H,20,22). The number of benzene rings is 2. The maximum Gasteiger partial charge on any atom is 0.246 e. The molecule has 0 radical (unpaired) electrons.